The molecule has 2 aromatic carbocycles. The molecule has 3 nitrogen and oxygen atoms in total. The van der Waals surface area contributed by atoms with Gasteiger partial charge in [0.05, 0.1) is 11.3 Å². The van der Waals surface area contributed by atoms with Crippen molar-refractivity contribution < 1.29 is 5.11 Å². The van der Waals surface area contributed by atoms with Gasteiger partial charge in [-0.05, 0) is 43.7 Å². The van der Waals surface area contributed by atoms with Crippen LogP contribution in [0.3, 0.4) is 0 Å². The molecule has 1 aromatic heterocycles. The van der Waals surface area contributed by atoms with E-state index in [0.29, 0.717) is 0 Å². The van der Waals surface area contributed by atoms with Gasteiger partial charge < -0.3 is 10.1 Å². The van der Waals surface area contributed by atoms with Crippen LogP contribution in [0.15, 0.2) is 47.5 Å². The number of H-pyrrole nitrogens is 1. The molecule has 0 spiro atoms. The number of aliphatic imine (C=N–C) groups is 1. The van der Waals surface area contributed by atoms with Crippen LogP contribution in [0.2, 0.25) is 0 Å². The predicted molar refractivity (Wildman–Crippen MR) is 83.1 cm³/mol. The van der Waals surface area contributed by atoms with Crippen molar-refractivity contribution in [1.29, 1.82) is 0 Å². The average Bonchev–Trinajstić information content (AvgIpc) is 2.72. The van der Waals surface area contributed by atoms with Crippen molar-refractivity contribution in [2.75, 3.05) is 0 Å². The highest BCUT2D eigenvalue weighted by molar-refractivity contribution is 6.02. The van der Waals surface area contributed by atoms with Crippen molar-refractivity contribution in [3.63, 3.8) is 0 Å². The monoisotopic (exact) mass is 264 g/mol. The van der Waals surface area contributed by atoms with Gasteiger partial charge in [0.1, 0.15) is 0 Å². The second kappa shape index (κ2) is 4.85. The SMILES string of the molecule is Cc1cccc(N=Cc2c(O)[nH]c3ccc(C)cc23)c1. The fraction of sp³-hybridized carbons (Fsp3) is 0.118. The standard InChI is InChI=1S/C17H16N2O/c1-11-4-3-5-13(8-11)18-10-15-14-9-12(2)6-7-16(14)19-17(15)20/h3-10,19-20H,1-2H3. The maximum Gasteiger partial charge on any atom is 0.198 e. The zero-order valence-electron chi connectivity index (χ0n) is 11.5. The molecule has 1 heterocycles. The highest BCUT2D eigenvalue weighted by Crippen LogP contribution is 2.27. The van der Waals surface area contributed by atoms with E-state index in [1.807, 2.05) is 56.3 Å². The Morgan fingerprint density at radius 2 is 1.85 bits per heavy atom. The summed E-state index contributed by atoms with van der Waals surface area (Å²) in [6.45, 7) is 4.07. The van der Waals surface area contributed by atoms with Gasteiger partial charge in [0.15, 0.2) is 5.88 Å². The number of fused-ring (bicyclic) bond motifs is 1. The Morgan fingerprint density at radius 1 is 1.05 bits per heavy atom. The fourth-order valence-electron chi connectivity index (χ4n) is 2.29. The molecule has 0 unspecified atom stereocenters. The summed E-state index contributed by atoms with van der Waals surface area (Å²) in [6.07, 6.45) is 1.71. The van der Waals surface area contributed by atoms with E-state index in [-0.39, 0.29) is 5.88 Å². The van der Waals surface area contributed by atoms with Crippen molar-refractivity contribution in [2.45, 2.75) is 13.8 Å². The van der Waals surface area contributed by atoms with Crippen LogP contribution in [0.1, 0.15) is 16.7 Å². The lowest BCUT2D eigenvalue weighted by Crippen LogP contribution is -1.80. The van der Waals surface area contributed by atoms with E-state index in [1.54, 1.807) is 6.21 Å². The van der Waals surface area contributed by atoms with Crippen molar-refractivity contribution in [2.24, 2.45) is 4.99 Å². The summed E-state index contributed by atoms with van der Waals surface area (Å²) >= 11 is 0. The number of aryl methyl sites for hydroxylation is 2. The Kier molecular flexibility index (Phi) is 3.03. The predicted octanol–water partition coefficient (Wildman–Crippen LogP) is 4.24. The summed E-state index contributed by atoms with van der Waals surface area (Å²) in [5.41, 5.74) is 4.84. The van der Waals surface area contributed by atoms with Crippen molar-refractivity contribution in [1.82, 2.24) is 4.98 Å². The zero-order chi connectivity index (χ0) is 14.1. The van der Waals surface area contributed by atoms with Crippen LogP contribution in [0.25, 0.3) is 10.9 Å². The third kappa shape index (κ3) is 2.30. The number of aromatic nitrogens is 1. The Bertz CT molecular complexity index is 800. The van der Waals surface area contributed by atoms with E-state index in [1.165, 1.54) is 5.56 Å². The van der Waals surface area contributed by atoms with Gasteiger partial charge in [-0.25, -0.2) is 0 Å². The summed E-state index contributed by atoms with van der Waals surface area (Å²) < 4.78 is 0. The maximum absolute atomic E-state index is 10.0. The van der Waals surface area contributed by atoms with Gasteiger partial charge in [0.25, 0.3) is 0 Å². The molecule has 3 heteroatoms. The lowest BCUT2D eigenvalue weighted by atomic mass is 10.1. The minimum absolute atomic E-state index is 0.155. The van der Waals surface area contributed by atoms with Crippen LogP contribution in [-0.2, 0) is 0 Å². The molecule has 3 aromatic rings. The molecule has 0 saturated carbocycles. The Morgan fingerprint density at radius 3 is 2.65 bits per heavy atom. The highest BCUT2D eigenvalue weighted by atomic mass is 16.3. The van der Waals surface area contributed by atoms with Crippen molar-refractivity contribution in [3.05, 3.63) is 59.2 Å². The quantitative estimate of drug-likeness (QED) is 0.668. The number of aromatic amines is 1. The molecule has 0 aliphatic heterocycles. The Hall–Kier alpha value is -2.55. The van der Waals surface area contributed by atoms with E-state index in [4.69, 9.17) is 0 Å². The minimum Gasteiger partial charge on any atom is -0.494 e. The third-order valence-electron chi connectivity index (χ3n) is 3.32. The molecule has 100 valence electrons. The van der Waals surface area contributed by atoms with Gasteiger partial charge in [0, 0.05) is 17.1 Å². The first-order valence-corrected chi connectivity index (χ1v) is 6.55. The van der Waals surface area contributed by atoms with E-state index >= 15 is 0 Å². The molecule has 0 atom stereocenters. The van der Waals surface area contributed by atoms with Crippen LogP contribution in [-0.4, -0.2) is 16.3 Å². The normalized spacial score (nSPS) is 11.5. The molecule has 2 N–H and O–H groups in total. The molecule has 0 aliphatic rings. The number of hydrogen-bond donors (Lipinski definition) is 2. The molecular formula is C17H16N2O. The number of benzene rings is 2. The van der Waals surface area contributed by atoms with Gasteiger partial charge >= 0.3 is 0 Å². The lowest BCUT2D eigenvalue weighted by Gasteiger charge is -1.97. The van der Waals surface area contributed by atoms with Crippen molar-refractivity contribution >= 4 is 22.8 Å². The molecule has 0 radical (unpaired) electrons. The van der Waals surface area contributed by atoms with Gasteiger partial charge in [-0.1, -0.05) is 23.8 Å². The zero-order valence-corrected chi connectivity index (χ0v) is 11.5. The average molecular weight is 264 g/mol. The summed E-state index contributed by atoms with van der Waals surface area (Å²) in [4.78, 5) is 7.41. The van der Waals surface area contributed by atoms with E-state index in [0.717, 1.165) is 27.7 Å². The molecule has 3 rings (SSSR count). The number of hydrogen-bond acceptors (Lipinski definition) is 2. The number of aromatic hydroxyl groups is 1. The molecule has 0 bridgehead atoms. The first-order valence-electron chi connectivity index (χ1n) is 6.55. The van der Waals surface area contributed by atoms with E-state index in [2.05, 4.69) is 9.98 Å². The van der Waals surface area contributed by atoms with Crippen LogP contribution in [0.4, 0.5) is 5.69 Å². The van der Waals surface area contributed by atoms with Gasteiger partial charge in [-0.15, -0.1) is 0 Å². The third-order valence-corrected chi connectivity index (χ3v) is 3.32. The first kappa shape index (κ1) is 12.5. The summed E-state index contributed by atoms with van der Waals surface area (Å²) in [7, 11) is 0. The Balaban J connectivity index is 2.06. The van der Waals surface area contributed by atoms with Crippen LogP contribution >= 0.6 is 0 Å². The van der Waals surface area contributed by atoms with Gasteiger partial charge in [-0.3, -0.25) is 4.99 Å². The summed E-state index contributed by atoms with van der Waals surface area (Å²) in [5.74, 6) is 0.155. The fourth-order valence-corrected chi connectivity index (χ4v) is 2.29. The van der Waals surface area contributed by atoms with Gasteiger partial charge in [0.2, 0.25) is 0 Å². The maximum atomic E-state index is 10.0. The number of rotatable bonds is 2. The molecule has 0 amide bonds. The molecule has 0 aliphatic carbocycles. The van der Waals surface area contributed by atoms with Gasteiger partial charge in [-0.2, -0.15) is 0 Å². The minimum atomic E-state index is 0.155. The second-order valence-electron chi connectivity index (χ2n) is 5.03. The molecule has 20 heavy (non-hydrogen) atoms. The lowest BCUT2D eigenvalue weighted by molar-refractivity contribution is 0.457. The van der Waals surface area contributed by atoms with Crippen LogP contribution in [0.5, 0.6) is 5.88 Å². The van der Waals surface area contributed by atoms with Crippen LogP contribution < -0.4 is 0 Å². The Labute approximate surface area is 117 Å². The largest absolute Gasteiger partial charge is 0.494 e. The first-order chi connectivity index (χ1) is 9.63. The summed E-state index contributed by atoms with van der Waals surface area (Å²) in [6, 6.07) is 14.0. The smallest absolute Gasteiger partial charge is 0.198 e. The number of nitrogens with one attached hydrogen (secondary N) is 1. The molecule has 0 saturated heterocycles. The second-order valence-corrected chi connectivity index (χ2v) is 5.03. The molecular weight excluding hydrogens is 248 g/mol. The van der Waals surface area contributed by atoms with Crippen molar-refractivity contribution in [3.8, 4) is 5.88 Å². The topological polar surface area (TPSA) is 48.4 Å². The molecule has 0 fully saturated rings. The summed E-state index contributed by atoms with van der Waals surface area (Å²) in [5, 5.41) is 11.0. The van der Waals surface area contributed by atoms with E-state index in [9.17, 15) is 5.11 Å². The number of nitrogens with zero attached hydrogens (tertiary/aromatic N) is 1. The van der Waals surface area contributed by atoms with Crippen LogP contribution in [0, 0.1) is 13.8 Å². The highest BCUT2D eigenvalue weighted by Gasteiger charge is 2.08. The van der Waals surface area contributed by atoms with E-state index < -0.39 is 0 Å².